The van der Waals surface area contributed by atoms with E-state index >= 15 is 0 Å². The van der Waals surface area contributed by atoms with Crippen LogP contribution in [-0.4, -0.2) is 28.6 Å². The van der Waals surface area contributed by atoms with E-state index in [9.17, 15) is 4.79 Å². The summed E-state index contributed by atoms with van der Waals surface area (Å²) in [7, 11) is 1.69. The van der Waals surface area contributed by atoms with Crippen molar-refractivity contribution in [3.63, 3.8) is 0 Å². The summed E-state index contributed by atoms with van der Waals surface area (Å²) in [6.07, 6.45) is 1.42. The highest BCUT2D eigenvalue weighted by atomic mass is 35.5. The lowest BCUT2D eigenvalue weighted by atomic mass is 10.2. The Morgan fingerprint density at radius 2 is 2.18 bits per heavy atom. The zero-order valence-corrected chi connectivity index (χ0v) is 11.1. The first-order valence-electron chi connectivity index (χ1n) is 5.20. The average Bonchev–Trinajstić information content (AvgIpc) is 2.25. The molecule has 17 heavy (non-hydrogen) atoms. The van der Waals surface area contributed by atoms with Crippen LogP contribution in [0.2, 0.25) is 0 Å². The van der Waals surface area contributed by atoms with Crippen LogP contribution in [0.3, 0.4) is 0 Å². The zero-order valence-electron chi connectivity index (χ0n) is 10.4. The van der Waals surface area contributed by atoms with Gasteiger partial charge in [0.2, 0.25) is 5.95 Å². The summed E-state index contributed by atoms with van der Waals surface area (Å²) in [5.74, 6) is 0.0925. The quantitative estimate of drug-likeness (QED) is 0.664. The molecule has 0 aliphatic heterocycles. The number of rotatable bonds is 3. The first-order valence-corrected chi connectivity index (χ1v) is 5.74. The van der Waals surface area contributed by atoms with Crippen LogP contribution in [0.4, 0.5) is 5.95 Å². The second-order valence-corrected chi connectivity index (χ2v) is 4.71. The van der Waals surface area contributed by atoms with E-state index in [0.29, 0.717) is 17.2 Å². The smallest absolute Gasteiger partial charge is 0.342 e. The van der Waals surface area contributed by atoms with Crippen molar-refractivity contribution in [2.75, 3.05) is 12.4 Å². The van der Waals surface area contributed by atoms with E-state index in [4.69, 9.17) is 16.3 Å². The number of halogens is 1. The number of ether oxygens (including phenoxy) is 1. The SMILES string of the molecule is CNc1ncc(C(=O)OC(C)(C)C)c(CCl)n1. The van der Waals surface area contributed by atoms with Crippen LogP contribution < -0.4 is 5.32 Å². The number of carbonyl (C=O) groups excluding carboxylic acids is 1. The van der Waals surface area contributed by atoms with E-state index < -0.39 is 11.6 Å². The normalized spacial score (nSPS) is 11.1. The molecule has 0 amide bonds. The summed E-state index contributed by atoms with van der Waals surface area (Å²) in [5.41, 5.74) is 0.205. The summed E-state index contributed by atoms with van der Waals surface area (Å²) >= 11 is 5.75. The fourth-order valence-corrected chi connectivity index (χ4v) is 1.35. The third-order valence-corrected chi connectivity index (χ3v) is 2.09. The first-order chi connectivity index (χ1) is 7.87. The Labute approximate surface area is 106 Å². The number of carbonyl (C=O) groups is 1. The Balaban J connectivity index is 3.01. The van der Waals surface area contributed by atoms with Crippen molar-refractivity contribution in [2.24, 2.45) is 0 Å². The number of nitrogens with one attached hydrogen (secondary N) is 1. The van der Waals surface area contributed by atoms with Gasteiger partial charge in [0.25, 0.3) is 0 Å². The van der Waals surface area contributed by atoms with Crippen molar-refractivity contribution in [3.8, 4) is 0 Å². The molecule has 1 rings (SSSR count). The lowest BCUT2D eigenvalue weighted by molar-refractivity contribution is 0.00677. The highest BCUT2D eigenvalue weighted by molar-refractivity contribution is 6.17. The molecule has 1 N–H and O–H groups in total. The number of anilines is 1. The van der Waals surface area contributed by atoms with Crippen LogP contribution >= 0.6 is 11.6 Å². The molecular formula is C11H16ClN3O2. The molecule has 5 nitrogen and oxygen atoms in total. The Bertz CT molecular complexity index is 416. The van der Waals surface area contributed by atoms with Crippen LogP contribution in [0.1, 0.15) is 36.8 Å². The van der Waals surface area contributed by atoms with Crippen LogP contribution in [-0.2, 0) is 10.6 Å². The monoisotopic (exact) mass is 257 g/mol. The van der Waals surface area contributed by atoms with Gasteiger partial charge in [-0.3, -0.25) is 0 Å². The number of nitrogens with zero attached hydrogens (tertiary/aromatic N) is 2. The number of hydrogen-bond donors (Lipinski definition) is 1. The molecular weight excluding hydrogens is 242 g/mol. The highest BCUT2D eigenvalue weighted by Gasteiger charge is 2.21. The first kappa shape index (κ1) is 13.7. The molecule has 1 heterocycles. The van der Waals surface area contributed by atoms with Crippen LogP contribution in [0, 0.1) is 0 Å². The van der Waals surface area contributed by atoms with Gasteiger partial charge in [-0.05, 0) is 20.8 Å². The van der Waals surface area contributed by atoms with Crippen molar-refractivity contribution in [1.82, 2.24) is 9.97 Å². The van der Waals surface area contributed by atoms with Crippen molar-refractivity contribution in [2.45, 2.75) is 32.3 Å². The second-order valence-electron chi connectivity index (χ2n) is 4.44. The minimum absolute atomic E-state index is 0.131. The Morgan fingerprint density at radius 3 is 2.65 bits per heavy atom. The molecule has 0 saturated heterocycles. The molecule has 0 unspecified atom stereocenters. The van der Waals surface area contributed by atoms with E-state index in [0.717, 1.165) is 0 Å². The van der Waals surface area contributed by atoms with Gasteiger partial charge in [-0.1, -0.05) is 0 Å². The van der Waals surface area contributed by atoms with Gasteiger partial charge in [0.05, 0.1) is 11.6 Å². The van der Waals surface area contributed by atoms with E-state index in [1.165, 1.54) is 6.20 Å². The molecule has 0 atom stereocenters. The predicted octanol–water partition coefficient (Wildman–Crippen LogP) is 2.21. The van der Waals surface area contributed by atoms with Gasteiger partial charge in [0, 0.05) is 13.2 Å². The summed E-state index contributed by atoms with van der Waals surface area (Å²) in [6.45, 7) is 5.40. The number of alkyl halides is 1. The van der Waals surface area contributed by atoms with Crippen LogP contribution in [0.25, 0.3) is 0 Å². The molecule has 0 aliphatic carbocycles. The molecule has 0 fully saturated rings. The molecule has 0 saturated carbocycles. The fourth-order valence-electron chi connectivity index (χ4n) is 1.14. The molecule has 6 heteroatoms. The van der Waals surface area contributed by atoms with E-state index in [1.807, 2.05) is 0 Å². The molecule has 0 radical (unpaired) electrons. The molecule has 0 aliphatic rings. The van der Waals surface area contributed by atoms with Crippen molar-refractivity contribution < 1.29 is 9.53 Å². The molecule has 1 aromatic heterocycles. The Morgan fingerprint density at radius 1 is 1.53 bits per heavy atom. The van der Waals surface area contributed by atoms with Gasteiger partial charge >= 0.3 is 5.97 Å². The molecule has 0 spiro atoms. The minimum Gasteiger partial charge on any atom is -0.456 e. The van der Waals surface area contributed by atoms with Gasteiger partial charge < -0.3 is 10.1 Å². The Kier molecular flexibility index (Phi) is 4.28. The van der Waals surface area contributed by atoms with Gasteiger partial charge in [-0.25, -0.2) is 14.8 Å². The number of esters is 1. The molecule has 94 valence electrons. The van der Waals surface area contributed by atoms with Crippen molar-refractivity contribution >= 4 is 23.5 Å². The zero-order chi connectivity index (χ0) is 13.1. The Hall–Kier alpha value is -1.36. The number of aromatic nitrogens is 2. The third-order valence-electron chi connectivity index (χ3n) is 1.84. The summed E-state index contributed by atoms with van der Waals surface area (Å²) in [5, 5.41) is 2.78. The molecule has 1 aromatic rings. The van der Waals surface area contributed by atoms with Crippen LogP contribution in [0.5, 0.6) is 0 Å². The molecule has 0 bridgehead atoms. The lowest BCUT2D eigenvalue weighted by Gasteiger charge is -2.20. The summed E-state index contributed by atoms with van der Waals surface area (Å²) < 4.78 is 5.24. The fraction of sp³-hybridized carbons (Fsp3) is 0.545. The summed E-state index contributed by atoms with van der Waals surface area (Å²) in [6, 6.07) is 0. The van der Waals surface area contributed by atoms with Gasteiger partial charge in [-0.2, -0.15) is 0 Å². The van der Waals surface area contributed by atoms with E-state index in [-0.39, 0.29) is 5.88 Å². The predicted molar refractivity (Wildman–Crippen MR) is 66.3 cm³/mol. The van der Waals surface area contributed by atoms with Gasteiger partial charge in [0.1, 0.15) is 11.2 Å². The number of hydrogen-bond acceptors (Lipinski definition) is 5. The largest absolute Gasteiger partial charge is 0.456 e. The van der Waals surface area contributed by atoms with Crippen molar-refractivity contribution in [1.29, 1.82) is 0 Å². The van der Waals surface area contributed by atoms with E-state index in [1.54, 1.807) is 27.8 Å². The second kappa shape index (κ2) is 5.31. The van der Waals surface area contributed by atoms with Crippen molar-refractivity contribution in [3.05, 3.63) is 17.5 Å². The summed E-state index contributed by atoms with van der Waals surface area (Å²) in [4.78, 5) is 19.9. The third kappa shape index (κ3) is 3.85. The molecule has 0 aromatic carbocycles. The van der Waals surface area contributed by atoms with E-state index in [2.05, 4.69) is 15.3 Å². The topological polar surface area (TPSA) is 64.1 Å². The van der Waals surface area contributed by atoms with Gasteiger partial charge in [0.15, 0.2) is 0 Å². The standard InChI is InChI=1S/C11H16ClN3O2/c1-11(2,3)17-9(16)7-6-14-10(13-4)15-8(7)5-12/h6H,5H2,1-4H3,(H,13,14,15). The maximum atomic E-state index is 11.9. The minimum atomic E-state index is -0.553. The maximum Gasteiger partial charge on any atom is 0.342 e. The highest BCUT2D eigenvalue weighted by Crippen LogP contribution is 2.16. The maximum absolute atomic E-state index is 11.9. The van der Waals surface area contributed by atoms with Crippen LogP contribution in [0.15, 0.2) is 6.20 Å². The average molecular weight is 258 g/mol. The van der Waals surface area contributed by atoms with Gasteiger partial charge in [-0.15, -0.1) is 11.6 Å². The lowest BCUT2D eigenvalue weighted by Crippen LogP contribution is -2.25.